The molecule has 0 radical (unpaired) electrons. The Morgan fingerprint density at radius 1 is 1.45 bits per heavy atom. The van der Waals surface area contributed by atoms with Gasteiger partial charge in [-0.1, -0.05) is 11.6 Å². The standard InChI is InChI=1S/C15H13ClFNO2/c1-3-20-14(19)5-4-10-7-11-12(16)6-9(2)18-15(11)13(17)8-10/h4-8H,3H2,1-2H3/b5-4+. The molecule has 0 N–H and O–H groups in total. The Morgan fingerprint density at radius 2 is 2.20 bits per heavy atom. The molecule has 0 unspecified atom stereocenters. The molecule has 0 fully saturated rings. The van der Waals surface area contributed by atoms with Crippen LogP contribution in [0, 0.1) is 12.7 Å². The highest BCUT2D eigenvalue weighted by Gasteiger charge is 2.08. The lowest BCUT2D eigenvalue weighted by molar-refractivity contribution is -0.137. The normalized spacial score (nSPS) is 11.2. The van der Waals surface area contributed by atoms with Crippen molar-refractivity contribution in [1.29, 1.82) is 0 Å². The summed E-state index contributed by atoms with van der Waals surface area (Å²) >= 11 is 6.10. The number of pyridine rings is 1. The minimum absolute atomic E-state index is 0.225. The Morgan fingerprint density at radius 3 is 2.90 bits per heavy atom. The van der Waals surface area contributed by atoms with Crippen molar-refractivity contribution in [2.75, 3.05) is 6.61 Å². The smallest absolute Gasteiger partial charge is 0.330 e. The van der Waals surface area contributed by atoms with Gasteiger partial charge in [0.25, 0.3) is 0 Å². The number of benzene rings is 1. The molecule has 0 aliphatic carbocycles. The number of ether oxygens (including phenoxy) is 1. The summed E-state index contributed by atoms with van der Waals surface area (Å²) in [5, 5.41) is 0.943. The molecule has 1 aromatic heterocycles. The first kappa shape index (κ1) is 14.5. The molecule has 0 atom stereocenters. The van der Waals surface area contributed by atoms with Crippen LogP contribution in [0.3, 0.4) is 0 Å². The molecule has 1 heterocycles. The van der Waals surface area contributed by atoms with Gasteiger partial charge in [0.2, 0.25) is 0 Å². The van der Waals surface area contributed by atoms with E-state index in [4.69, 9.17) is 16.3 Å². The minimum atomic E-state index is -0.475. The summed E-state index contributed by atoms with van der Waals surface area (Å²) in [6.07, 6.45) is 2.73. The average molecular weight is 294 g/mol. The van der Waals surface area contributed by atoms with Gasteiger partial charge in [0, 0.05) is 17.2 Å². The van der Waals surface area contributed by atoms with Crippen LogP contribution in [0.1, 0.15) is 18.2 Å². The van der Waals surface area contributed by atoms with E-state index < -0.39 is 11.8 Å². The molecule has 20 heavy (non-hydrogen) atoms. The summed E-state index contributed by atoms with van der Waals surface area (Å²) in [5.41, 5.74) is 1.40. The molecular formula is C15H13ClFNO2. The highest BCUT2D eigenvalue weighted by atomic mass is 35.5. The summed E-state index contributed by atoms with van der Waals surface area (Å²) in [5.74, 6) is -0.947. The highest BCUT2D eigenvalue weighted by molar-refractivity contribution is 6.35. The topological polar surface area (TPSA) is 39.2 Å². The molecule has 3 nitrogen and oxygen atoms in total. The Bertz CT molecular complexity index is 698. The molecule has 5 heteroatoms. The first-order chi connectivity index (χ1) is 9.51. The van der Waals surface area contributed by atoms with Gasteiger partial charge in [-0.05, 0) is 43.7 Å². The zero-order chi connectivity index (χ0) is 14.7. The van der Waals surface area contributed by atoms with Crippen LogP contribution in [0.15, 0.2) is 24.3 Å². The van der Waals surface area contributed by atoms with Gasteiger partial charge in [-0.2, -0.15) is 0 Å². The lowest BCUT2D eigenvalue weighted by Gasteiger charge is -2.05. The van der Waals surface area contributed by atoms with E-state index in [1.165, 1.54) is 18.2 Å². The highest BCUT2D eigenvalue weighted by Crippen LogP contribution is 2.26. The third-order valence-corrected chi connectivity index (χ3v) is 2.98. The van der Waals surface area contributed by atoms with Crippen LogP contribution in [-0.2, 0) is 9.53 Å². The van der Waals surface area contributed by atoms with Gasteiger partial charge in [-0.15, -0.1) is 0 Å². The fourth-order valence-electron chi connectivity index (χ4n) is 1.84. The SMILES string of the molecule is CCOC(=O)/C=C/c1cc(F)c2nc(C)cc(Cl)c2c1. The molecule has 0 aliphatic rings. The number of halogens is 2. The van der Waals surface area contributed by atoms with Gasteiger partial charge in [-0.3, -0.25) is 0 Å². The van der Waals surface area contributed by atoms with E-state index in [1.54, 1.807) is 26.0 Å². The molecular weight excluding hydrogens is 281 g/mol. The largest absolute Gasteiger partial charge is 0.463 e. The van der Waals surface area contributed by atoms with E-state index >= 15 is 0 Å². The van der Waals surface area contributed by atoms with Crippen LogP contribution in [0.2, 0.25) is 5.02 Å². The number of aryl methyl sites for hydroxylation is 1. The second kappa shape index (κ2) is 6.01. The summed E-state index contributed by atoms with van der Waals surface area (Å²) in [6.45, 7) is 3.76. The Kier molecular flexibility index (Phi) is 4.35. The van der Waals surface area contributed by atoms with Crippen LogP contribution in [0.4, 0.5) is 4.39 Å². The second-order valence-corrected chi connectivity index (χ2v) is 4.64. The summed E-state index contributed by atoms with van der Waals surface area (Å²) in [7, 11) is 0. The average Bonchev–Trinajstić information content (AvgIpc) is 2.38. The predicted octanol–water partition coefficient (Wildman–Crippen LogP) is 3.91. The maximum absolute atomic E-state index is 14.0. The number of aromatic nitrogens is 1. The molecule has 104 valence electrons. The molecule has 0 saturated heterocycles. The lowest BCUT2D eigenvalue weighted by atomic mass is 10.1. The van der Waals surface area contributed by atoms with Crippen LogP contribution >= 0.6 is 11.6 Å². The van der Waals surface area contributed by atoms with Gasteiger partial charge in [0.15, 0.2) is 0 Å². The zero-order valence-corrected chi connectivity index (χ0v) is 11.9. The Hall–Kier alpha value is -1.94. The summed E-state index contributed by atoms with van der Waals surface area (Å²) in [6, 6.07) is 4.66. The number of carbonyl (C=O) groups is 1. The van der Waals surface area contributed by atoms with Crippen LogP contribution < -0.4 is 0 Å². The third-order valence-electron chi connectivity index (χ3n) is 2.67. The number of rotatable bonds is 3. The van der Waals surface area contributed by atoms with Gasteiger partial charge >= 0.3 is 5.97 Å². The molecule has 2 rings (SSSR count). The van der Waals surface area contributed by atoms with Crippen LogP contribution in [-0.4, -0.2) is 17.6 Å². The fourth-order valence-corrected chi connectivity index (χ4v) is 2.14. The number of hydrogen-bond donors (Lipinski definition) is 0. The van der Waals surface area contributed by atoms with E-state index in [0.717, 1.165) is 0 Å². The monoisotopic (exact) mass is 293 g/mol. The molecule has 0 bridgehead atoms. The lowest BCUT2D eigenvalue weighted by Crippen LogP contribution is -1.98. The van der Waals surface area contributed by atoms with Crippen molar-refractivity contribution in [3.63, 3.8) is 0 Å². The van der Waals surface area contributed by atoms with Gasteiger partial charge < -0.3 is 4.74 Å². The Labute approximate surface area is 121 Å². The molecule has 0 aliphatic heterocycles. The van der Waals surface area contributed by atoms with Crippen molar-refractivity contribution < 1.29 is 13.9 Å². The second-order valence-electron chi connectivity index (χ2n) is 4.23. The van der Waals surface area contributed by atoms with Crippen molar-refractivity contribution >= 4 is 34.5 Å². The van der Waals surface area contributed by atoms with Gasteiger partial charge in [0.05, 0.1) is 11.6 Å². The molecule has 0 amide bonds. The minimum Gasteiger partial charge on any atom is -0.463 e. The van der Waals surface area contributed by atoms with E-state index in [-0.39, 0.29) is 5.52 Å². The maximum Gasteiger partial charge on any atom is 0.330 e. The maximum atomic E-state index is 14.0. The van der Waals surface area contributed by atoms with E-state index in [1.807, 2.05) is 0 Å². The number of fused-ring (bicyclic) bond motifs is 1. The molecule has 2 aromatic rings. The molecule has 1 aromatic carbocycles. The zero-order valence-electron chi connectivity index (χ0n) is 11.1. The predicted molar refractivity (Wildman–Crippen MR) is 77.1 cm³/mol. The number of esters is 1. The summed E-state index contributed by atoms with van der Waals surface area (Å²) in [4.78, 5) is 15.4. The quantitative estimate of drug-likeness (QED) is 0.636. The van der Waals surface area contributed by atoms with Crippen molar-refractivity contribution in [2.45, 2.75) is 13.8 Å². The number of carbonyl (C=O) groups excluding carboxylic acids is 1. The van der Waals surface area contributed by atoms with Crippen molar-refractivity contribution in [3.05, 3.63) is 46.4 Å². The van der Waals surface area contributed by atoms with Crippen LogP contribution in [0.25, 0.3) is 17.0 Å². The summed E-state index contributed by atoms with van der Waals surface area (Å²) < 4.78 is 18.8. The van der Waals surface area contributed by atoms with E-state index in [2.05, 4.69) is 4.98 Å². The molecule has 0 saturated carbocycles. The van der Waals surface area contributed by atoms with E-state index in [0.29, 0.717) is 28.3 Å². The van der Waals surface area contributed by atoms with Crippen molar-refractivity contribution in [2.24, 2.45) is 0 Å². The Balaban J connectivity index is 2.45. The first-order valence-electron chi connectivity index (χ1n) is 6.12. The molecule has 0 spiro atoms. The van der Waals surface area contributed by atoms with Crippen molar-refractivity contribution in [1.82, 2.24) is 4.98 Å². The third kappa shape index (κ3) is 3.14. The number of hydrogen-bond acceptors (Lipinski definition) is 3. The van der Waals surface area contributed by atoms with Gasteiger partial charge in [-0.25, -0.2) is 14.2 Å². The van der Waals surface area contributed by atoms with Crippen LogP contribution in [0.5, 0.6) is 0 Å². The fraction of sp³-hybridized carbons (Fsp3) is 0.200. The first-order valence-corrected chi connectivity index (χ1v) is 6.50. The van der Waals surface area contributed by atoms with Crippen molar-refractivity contribution in [3.8, 4) is 0 Å². The van der Waals surface area contributed by atoms with E-state index in [9.17, 15) is 9.18 Å². The number of nitrogens with zero attached hydrogens (tertiary/aromatic N) is 1. The van der Waals surface area contributed by atoms with Gasteiger partial charge in [0.1, 0.15) is 11.3 Å².